The van der Waals surface area contributed by atoms with E-state index in [1.165, 1.54) is 12.1 Å². The number of allylic oxidation sites excluding steroid dienone is 1. The Balaban J connectivity index is 1.63. The normalized spacial score (nSPS) is 27.1. The maximum Gasteiger partial charge on any atom is 0.266 e. The van der Waals surface area contributed by atoms with Gasteiger partial charge in [0.15, 0.2) is 6.29 Å². The molecule has 2 aliphatic rings. The summed E-state index contributed by atoms with van der Waals surface area (Å²) >= 11 is 0. The smallest absolute Gasteiger partial charge is 0.266 e. The third-order valence-electron chi connectivity index (χ3n) is 5.53. The predicted octanol–water partition coefficient (Wildman–Crippen LogP) is 6.36. The van der Waals surface area contributed by atoms with Crippen molar-refractivity contribution in [3.05, 3.63) is 47.1 Å². The molecule has 1 aliphatic heterocycles. The fourth-order valence-corrected chi connectivity index (χ4v) is 3.94. The molecule has 0 atom stereocenters. The van der Waals surface area contributed by atoms with Gasteiger partial charge in [-0.25, -0.2) is 8.78 Å². The summed E-state index contributed by atoms with van der Waals surface area (Å²) in [6, 6.07) is 2.42. The molecule has 1 aromatic rings. The number of hydrogen-bond acceptors (Lipinski definition) is 2. The highest BCUT2D eigenvalue weighted by atomic mass is 19.3. The lowest BCUT2D eigenvalue weighted by Gasteiger charge is -2.29. The Morgan fingerprint density at radius 1 is 1.07 bits per heavy atom. The number of benzene rings is 1. The molecule has 29 heavy (non-hydrogen) atoms. The minimum atomic E-state index is -1.66. The first-order valence-electron chi connectivity index (χ1n) is 10.2. The molecule has 3 rings (SSSR count). The van der Waals surface area contributed by atoms with Gasteiger partial charge < -0.3 is 9.47 Å². The molecule has 0 spiro atoms. The Labute approximate surface area is 169 Å². The molecule has 1 heterocycles. The Hall–Kier alpha value is -1.84. The molecule has 2 nitrogen and oxygen atoms in total. The summed E-state index contributed by atoms with van der Waals surface area (Å²) in [4.78, 5) is 0. The summed E-state index contributed by atoms with van der Waals surface area (Å²) in [6.45, 7) is 3.10. The van der Waals surface area contributed by atoms with Crippen LogP contribution >= 0.6 is 0 Å². The average molecular weight is 410 g/mol. The van der Waals surface area contributed by atoms with E-state index < -0.39 is 24.0 Å². The lowest BCUT2D eigenvalue weighted by Crippen LogP contribution is -2.27. The second-order valence-electron chi connectivity index (χ2n) is 7.85. The molecule has 0 radical (unpaired) electrons. The van der Waals surface area contributed by atoms with Crippen molar-refractivity contribution >= 4 is 0 Å². The monoisotopic (exact) mass is 410 g/mol. The van der Waals surface area contributed by atoms with E-state index in [0.29, 0.717) is 50.4 Å². The molecule has 0 aromatic heterocycles. The van der Waals surface area contributed by atoms with E-state index >= 15 is 0 Å². The van der Waals surface area contributed by atoms with Gasteiger partial charge in [0.25, 0.3) is 6.08 Å². The van der Waals surface area contributed by atoms with Gasteiger partial charge in [0, 0.05) is 17.4 Å². The van der Waals surface area contributed by atoms with Crippen LogP contribution in [0, 0.1) is 41.2 Å². The van der Waals surface area contributed by atoms with Gasteiger partial charge in [0.2, 0.25) is 0 Å². The minimum Gasteiger partial charge on any atom is -0.348 e. The fourth-order valence-electron chi connectivity index (χ4n) is 3.94. The highest BCUT2D eigenvalue weighted by Crippen LogP contribution is 2.31. The number of rotatable bonds is 4. The molecule has 0 amide bonds. The molecule has 6 heteroatoms. The second-order valence-corrected chi connectivity index (χ2v) is 7.85. The van der Waals surface area contributed by atoms with Crippen LogP contribution in [0.4, 0.5) is 17.6 Å². The zero-order valence-electron chi connectivity index (χ0n) is 16.5. The van der Waals surface area contributed by atoms with E-state index in [0.717, 1.165) is 18.9 Å². The summed E-state index contributed by atoms with van der Waals surface area (Å²) in [7, 11) is 0. The summed E-state index contributed by atoms with van der Waals surface area (Å²) in [5.74, 6) is 4.17. The minimum absolute atomic E-state index is 0.0405. The third kappa shape index (κ3) is 6.07. The maximum atomic E-state index is 14.5. The zero-order chi connectivity index (χ0) is 20.8. The zero-order valence-corrected chi connectivity index (χ0v) is 16.5. The summed E-state index contributed by atoms with van der Waals surface area (Å²) in [5.41, 5.74) is 0.0336. The molecule has 2 fully saturated rings. The van der Waals surface area contributed by atoms with Crippen LogP contribution in [0.25, 0.3) is 0 Å². The van der Waals surface area contributed by atoms with Crippen molar-refractivity contribution in [2.75, 3.05) is 13.2 Å². The highest BCUT2D eigenvalue weighted by molar-refractivity contribution is 5.40. The van der Waals surface area contributed by atoms with Crippen LogP contribution in [0.5, 0.6) is 0 Å². The molecule has 1 aromatic carbocycles. The first-order chi connectivity index (χ1) is 14.0. The Kier molecular flexibility index (Phi) is 7.74. The van der Waals surface area contributed by atoms with Crippen molar-refractivity contribution < 1.29 is 27.0 Å². The Morgan fingerprint density at radius 2 is 1.69 bits per heavy atom. The first-order valence-corrected chi connectivity index (χ1v) is 10.2. The van der Waals surface area contributed by atoms with Crippen LogP contribution in [0.2, 0.25) is 0 Å². The van der Waals surface area contributed by atoms with Crippen molar-refractivity contribution in [1.82, 2.24) is 0 Å². The van der Waals surface area contributed by atoms with Crippen LogP contribution in [-0.4, -0.2) is 13.2 Å². The van der Waals surface area contributed by atoms with E-state index in [1.54, 1.807) is 0 Å². The first kappa shape index (κ1) is 21.9. The van der Waals surface area contributed by atoms with Crippen molar-refractivity contribution in [3.63, 3.8) is 0 Å². The molecular formula is C23H26F4O2. The number of ether oxygens (including phenoxy) is 2. The molecule has 0 unspecified atom stereocenters. The summed E-state index contributed by atoms with van der Waals surface area (Å²) in [5, 5.41) is 0. The van der Waals surface area contributed by atoms with Gasteiger partial charge in [-0.05, 0) is 56.2 Å². The fraction of sp³-hybridized carbons (Fsp3) is 0.565. The summed E-state index contributed by atoms with van der Waals surface area (Å²) in [6.07, 6.45) is 3.09. The van der Waals surface area contributed by atoms with Crippen molar-refractivity contribution in [3.8, 4) is 11.8 Å². The molecule has 0 bridgehead atoms. The van der Waals surface area contributed by atoms with Gasteiger partial charge >= 0.3 is 0 Å². The van der Waals surface area contributed by atoms with Gasteiger partial charge in [0.1, 0.15) is 11.6 Å². The maximum absolute atomic E-state index is 14.5. The van der Waals surface area contributed by atoms with E-state index in [1.807, 2.05) is 0 Å². The third-order valence-corrected chi connectivity index (χ3v) is 5.53. The van der Waals surface area contributed by atoms with Gasteiger partial charge in [-0.1, -0.05) is 25.2 Å². The van der Waals surface area contributed by atoms with Gasteiger partial charge in [-0.3, -0.25) is 0 Å². The molecule has 158 valence electrons. The molecule has 1 saturated heterocycles. The van der Waals surface area contributed by atoms with Gasteiger partial charge in [-0.2, -0.15) is 8.78 Å². The van der Waals surface area contributed by atoms with Gasteiger partial charge in [-0.15, -0.1) is 0 Å². The van der Waals surface area contributed by atoms with Crippen LogP contribution in [0.15, 0.2) is 24.3 Å². The Bertz CT molecular complexity index is 753. The average Bonchev–Trinajstić information content (AvgIpc) is 2.69. The van der Waals surface area contributed by atoms with Crippen LogP contribution in [0.3, 0.4) is 0 Å². The topological polar surface area (TPSA) is 18.5 Å². The van der Waals surface area contributed by atoms with E-state index in [2.05, 4.69) is 18.8 Å². The lowest BCUT2D eigenvalue weighted by molar-refractivity contribution is -0.206. The van der Waals surface area contributed by atoms with Crippen LogP contribution < -0.4 is 0 Å². The molecule has 1 saturated carbocycles. The largest absolute Gasteiger partial charge is 0.348 e. The standard InChI is InChI=1S/C23H26F4O2/c1-2-3-17-13-28-23(29-14-17)18-11-20(24)19(21(25)12-18)9-8-15-4-6-16(7-5-15)10-22(26)27/h10-12,15-17,23H,2-7,13-14H2,1H3. The lowest BCUT2D eigenvalue weighted by atomic mass is 9.82. The molecule has 0 N–H and O–H groups in total. The SMILES string of the molecule is CCCC1COC(c2cc(F)c(C#CC3CCC(C=C(F)F)CC3)c(F)c2)OC1. The number of hydrogen-bond donors (Lipinski definition) is 0. The molecular weight excluding hydrogens is 384 g/mol. The van der Waals surface area contributed by atoms with Crippen molar-refractivity contribution in [2.45, 2.75) is 51.7 Å². The predicted molar refractivity (Wildman–Crippen MR) is 102 cm³/mol. The van der Waals surface area contributed by atoms with E-state index in [-0.39, 0.29) is 17.4 Å². The quantitative estimate of drug-likeness (QED) is 0.424. The van der Waals surface area contributed by atoms with Crippen molar-refractivity contribution in [2.24, 2.45) is 17.8 Å². The van der Waals surface area contributed by atoms with Crippen molar-refractivity contribution in [1.29, 1.82) is 0 Å². The van der Waals surface area contributed by atoms with E-state index in [4.69, 9.17) is 9.47 Å². The highest BCUT2D eigenvalue weighted by Gasteiger charge is 2.25. The molecule has 1 aliphatic carbocycles. The van der Waals surface area contributed by atoms with E-state index in [9.17, 15) is 17.6 Å². The Morgan fingerprint density at radius 3 is 2.24 bits per heavy atom. The van der Waals surface area contributed by atoms with Crippen LogP contribution in [-0.2, 0) is 9.47 Å². The van der Waals surface area contributed by atoms with Crippen LogP contribution in [0.1, 0.15) is 62.9 Å². The van der Waals surface area contributed by atoms with Gasteiger partial charge in [0.05, 0.1) is 18.8 Å². The number of halogens is 4. The summed E-state index contributed by atoms with van der Waals surface area (Å²) < 4.78 is 64.9. The second kappa shape index (κ2) is 10.3.